The number of aliphatic imine (C=N–C) groups is 1. The minimum Gasteiger partial charge on any atom is -0.450 e. The second kappa shape index (κ2) is 7.31. The van der Waals surface area contributed by atoms with Gasteiger partial charge in [-0.25, -0.2) is 9.79 Å². The van der Waals surface area contributed by atoms with E-state index in [9.17, 15) is 4.79 Å². The molecule has 1 aromatic carbocycles. The maximum Gasteiger partial charge on any atom is 0.409 e. The van der Waals surface area contributed by atoms with E-state index in [1.54, 1.807) is 4.90 Å². The number of carbonyl (C=O) groups is 1. The van der Waals surface area contributed by atoms with Crippen LogP contribution in [-0.4, -0.2) is 60.1 Å². The Morgan fingerprint density at radius 3 is 2.88 bits per heavy atom. The van der Waals surface area contributed by atoms with Gasteiger partial charge in [-0.2, -0.15) is 0 Å². The molecule has 1 aromatic rings. The number of piperazine rings is 1. The molecule has 0 bridgehead atoms. The summed E-state index contributed by atoms with van der Waals surface area (Å²) in [5.41, 5.74) is 4.03. The van der Waals surface area contributed by atoms with Crippen LogP contribution in [0.3, 0.4) is 0 Å². The number of ether oxygens (including phenoxy) is 1. The van der Waals surface area contributed by atoms with Crippen molar-refractivity contribution < 1.29 is 15.0 Å². The van der Waals surface area contributed by atoms with E-state index in [-0.39, 0.29) is 17.6 Å². The van der Waals surface area contributed by atoms with E-state index in [1.807, 2.05) is 6.92 Å². The first-order valence-corrected chi connectivity index (χ1v) is 8.89. The van der Waals surface area contributed by atoms with Gasteiger partial charge in [-0.15, -0.1) is 0 Å². The Morgan fingerprint density at radius 2 is 2.12 bits per heavy atom. The molecule has 25 heavy (non-hydrogen) atoms. The number of guanidine groups is 1. The summed E-state index contributed by atoms with van der Waals surface area (Å²) in [6, 6.07) is 6.79. The number of nitrogens with zero attached hydrogens (tertiary/aromatic N) is 3. The van der Waals surface area contributed by atoms with Crippen molar-refractivity contribution in [1.29, 1.82) is 0 Å². The predicted octanol–water partition coefficient (Wildman–Crippen LogP) is 1.79. The molecule has 3 N–H and O–H groups in total. The van der Waals surface area contributed by atoms with Gasteiger partial charge in [0.1, 0.15) is 0 Å². The number of benzene rings is 1. The molecular formula is C18H26N4O3. The number of anilines is 1. The van der Waals surface area contributed by atoms with E-state index in [2.05, 4.69) is 28.4 Å². The van der Waals surface area contributed by atoms with Crippen molar-refractivity contribution >= 4 is 17.7 Å². The molecule has 1 fully saturated rings. The van der Waals surface area contributed by atoms with Gasteiger partial charge < -0.3 is 25.3 Å². The maximum absolute atomic E-state index is 11.8. The highest BCUT2D eigenvalue weighted by atomic mass is 16.6. The van der Waals surface area contributed by atoms with Crippen LogP contribution in [-0.2, 0) is 11.2 Å². The van der Waals surface area contributed by atoms with Crippen molar-refractivity contribution in [2.45, 2.75) is 32.2 Å². The van der Waals surface area contributed by atoms with Crippen molar-refractivity contribution in [2.24, 2.45) is 4.99 Å². The molecule has 2 aliphatic heterocycles. The Bertz CT molecular complexity index is 668. The molecule has 1 atom stereocenters. The topological polar surface area (TPSA) is 88.7 Å². The highest BCUT2D eigenvalue weighted by Crippen LogP contribution is 2.40. The fraction of sp³-hybridized carbons (Fsp3) is 0.556. The van der Waals surface area contributed by atoms with Crippen molar-refractivity contribution in [2.75, 3.05) is 38.1 Å². The van der Waals surface area contributed by atoms with Crippen LogP contribution in [0.25, 0.3) is 0 Å². The summed E-state index contributed by atoms with van der Waals surface area (Å²) in [6.07, 6.45) is 3.27. The van der Waals surface area contributed by atoms with Crippen LogP contribution in [0.2, 0.25) is 0 Å². The van der Waals surface area contributed by atoms with Crippen LogP contribution in [0, 0.1) is 0 Å². The normalized spacial score (nSPS) is 21.5. The summed E-state index contributed by atoms with van der Waals surface area (Å²) in [5, 5.41) is 3.52. The van der Waals surface area contributed by atoms with Crippen molar-refractivity contribution in [3.8, 4) is 0 Å². The lowest BCUT2D eigenvalue weighted by Gasteiger charge is -2.39. The minimum atomic E-state index is -0.210. The molecule has 0 aromatic heterocycles. The second-order valence-corrected chi connectivity index (χ2v) is 6.54. The summed E-state index contributed by atoms with van der Waals surface area (Å²) in [4.78, 5) is 20.8. The lowest BCUT2D eigenvalue weighted by Crippen LogP contribution is -2.53. The Labute approximate surface area is 148 Å². The lowest BCUT2D eigenvalue weighted by molar-refractivity contribution is 0.0918. The highest BCUT2D eigenvalue weighted by Gasteiger charge is 2.30. The Kier molecular flexibility index (Phi) is 5.13. The Morgan fingerprint density at radius 1 is 1.32 bits per heavy atom. The molecule has 0 saturated carbocycles. The van der Waals surface area contributed by atoms with Gasteiger partial charge in [0.2, 0.25) is 0 Å². The van der Waals surface area contributed by atoms with Gasteiger partial charge in [-0.1, -0.05) is 12.1 Å². The number of rotatable bonds is 1. The van der Waals surface area contributed by atoms with E-state index < -0.39 is 0 Å². The van der Waals surface area contributed by atoms with E-state index in [0.717, 1.165) is 31.9 Å². The van der Waals surface area contributed by atoms with E-state index in [1.165, 1.54) is 23.2 Å². The molecule has 3 aliphatic rings. The summed E-state index contributed by atoms with van der Waals surface area (Å²) < 4.78 is 5.09. The summed E-state index contributed by atoms with van der Waals surface area (Å²) >= 11 is 0. The fourth-order valence-corrected chi connectivity index (χ4v) is 3.87. The van der Waals surface area contributed by atoms with Gasteiger partial charge in [0.05, 0.1) is 12.6 Å². The first-order valence-electron chi connectivity index (χ1n) is 8.89. The fourth-order valence-electron chi connectivity index (χ4n) is 3.87. The Balaban J connectivity index is 0.00000182. The average Bonchev–Trinajstić information content (AvgIpc) is 2.62. The molecule has 0 radical (unpaired) electrons. The number of aryl methyl sites for hydroxylation is 1. The monoisotopic (exact) mass is 346 g/mol. The zero-order valence-electron chi connectivity index (χ0n) is 14.6. The average molecular weight is 346 g/mol. The van der Waals surface area contributed by atoms with Crippen LogP contribution >= 0.6 is 0 Å². The third kappa shape index (κ3) is 3.28. The second-order valence-electron chi connectivity index (χ2n) is 6.54. The SMILES string of the molecule is CCOC(=O)N1CCN(C2=NC3CCCc4cccc(c43)N2)CC1.O. The summed E-state index contributed by atoms with van der Waals surface area (Å²) in [6.45, 7) is 5.19. The van der Waals surface area contributed by atoms with Gasteiger partial charge >= 0.3 is 6.09 Å². The van der Waals surface area contributed by atoms with Gasteiger partial charge in [0.25, 0.3) is 0 Å². The van der Waals surface area contributed by atoms with Crippen LogP contribution in [0.15, 0.2) is 23.2 Å². The molecule has 1 saturated heterocycles. The van der Waals surface area contributed by atoms with Crippen molar-refractivity contribution in [3.05, 3.63) is 29.3 Å². The van der Waals surface area contributed by atoms with E-state index in [0.29, 0.717) is 19.7 Å². The molecule has 7 heteroatoms. The molecule has 4 rings (SSSR count). The first kappa shape index (κ1) is 17.5. The zero-order valence-corrected chi connectivity index (χ0v) is 14.6. The number of nitrogens with one attached hydrogen (secondary N) is 1. The van der Waals surface area contributed by atoms with Crippen molar-refractivity contribution in [3.63, 3.8) is 0 Å². The summed E-state index contributed by atoms with van der Waals surface area (Å²) in [5.74, 6) is 0.954. The molecule has 0 spiro atoms. The smallest absolute Gasteiger partial charge is 0.409 e. The molecule has 1 unspecified atom stereocenters. The van der Waals surface area contributed by atoms with Crippen LogP contribution in [0.5, 0.6) is 0 Å². The van der Waals surface area contributed by atoms with Crippen LogP contribution in [0.1, 0.15) is 36.9 Å². The molecule has 1 aliphatic carbocycles. The maximum atomic E-state index is 11.8. The number of amides is 1. The number of carbonyl (C=O) groups excluding carboxylic acids is 1. The lowest BCUT2D eigenvalue weighted by atomic mass is 9.86. The van der Waals surface area contributed by atoms with E-state index >= 15 is 0 Å². The largest absolute Gasteiger partial charge is 0.450 e. The third-order valence-electron chi connectivity index (χ3n) is 5.08. The third-order valence-corrected chi connectivity index (χ3v) is 5.08. The van der Waals surface area contributed by atoms with Gasteiger partial charge in [0, 0.05) is 37.4 Å². The first-order chi connectivity index (χ1) is 11.8. The minimum absolute atomic E-state index is 0. The summed E-state index contributed by atoms with van der Waals surface area (Å²) in [7, 11) is 0. The highest BCUT2D eigenvalue weighted by molar-refractivity contribution is 5.96. The number of hydrogen-bond donors (Lipinski definition) is 1. The van der Waals surface area contributed by atoms with Crippen LogP contribution < -0.4 is 5.32 Å². The molecular weight excluding hydrogens is 320 g/mol. The van der Waals surface area contributed by atoms with Gasteiger partial charge in [0.15, 0.2) is 5.96 Å². The van der Waals surface area contributed by atoms with Crippen LogP contribution in [0.4, 0.5) is 10.5 Å². The Hall–Kier alpha value is -2.28. The molecule has 136 valence electrons. The molecule has 7 nitrogen and oxygen atoms in total. The predicted molar refractivity (Wildman–Crippen MR) is 97.0 cm³/mol. The molecule has 1 amide bonds. The van der Waals surface area contributed by atoms with Gasteiger partial charge in [-0.3, -0.25) is 0 Å². The standard InChI is InChI=1S/C18H24N4O2.H2O/c1-2-24-18(23)22-11-9-21(10-12-22)17-19-14-7-3-5-13-6-4-8-15(20-17)16(13)14;/h3,5,7,15H,2,4,6,8-12H2,1H3,(H,19,20);1H2. The number of hydrogen-bond acceptors (Lipinski definition) is 5. The quantitative estimate of drug-likeness (QED) is 0.840. The molecule has 2 heterocycles. The van der Waals surface area contributed by atoms with E-state index in [4.69, 9.17) is 9.73 Å². The van der Waals surface area contributed by atoms with Crippen molar-refractivity contribution in [1.82, 2.24) is 9.80 Å². The zero-order chi connectivity index (χ0) is 16.5. The van der Waals surface area contributed by atoms with Gasteiger partial charge in [-0.05, 0) is 37.8 Å².